The van der Waals surface area contributed by atoms with E-state index in [2.05, 4.69) is 0 Å². The van der Waals surface area contributed by atoms with E-state index in [9.17, 15) is 33.9 Å². The molecule has 0 spiro atoms. The molecular weight excluding hydrogens is 788 g/mol. The number of methoxy groups -OCH3 is 2. The molecule has 8 unspecified atom stereocenters. The quantitative estimate of drug-likeness (QED) is 0.132. The molecule has 1 aromatic carbocycles. The van der Waals surface area contributed by atoms with Gasteiger partial charge in [0, 0.05) is 58.7 Å². The Balaban J connectivity index is 1.60. The minimum Gasteiger partial charge on any atom is -0.495 e. The Morgan fingerprint density at radius 2 is 1.78 bits per heavy atom. The van der Waals surface area contributed by atoms with Gasteiger partial charge in [-0.25, -0.2) is 9.59 Å². The molecule has 3 heterocycles. The van der Waals surface area contributed by atoms with Gasteiger partial charge in [0.1, 0.15) is 40.7 Å². The summed E-state index contributed by atoms with van der Waals surface area (Å²) < 4.78 is 28.9. The third-order valence-electron chi connectivity index (χ3n) is 11.3. The summed E-state index contributed by atoms with van der Waals surface area (Å²) in [5.41, 5.74) is 6.25. The minimum atomic E-state index is -1.29. The zero-order valence-electron chi connectivity index (χ0n) is 35.0. The lowest BCUT2D eigenvalue weighted by Gasteiger charge is -2.30. The topological polar surface area (TPSA) is 208 Å². The van der Waals surface area contributed by atoms with Gasteiger partial charge in [0.05, 0.1) is 31.4 Å². The largest absolute Gasteiger partial charge is 0.495 e. The van der Waals surface area contributed by atoms with Gasteiger partial charge in [0.2, 0.25) is 11.8 Å². The van der Waals surface area contributed by atoms with E-state index >= 15 is 0 Å². The summed E-state index contributed by atoms with van der Waals surface area (Å²) in [5.74, 6) is -2.60. The highest BCUT2D eigenvalue weighted by Gasteiger charge is 2.63. The van der Waals surface area contributed by atoms with Gasteiger partial charge in [0.25, 0.3) is 11.8 Å². The third kappa shape index (κ3) is 11.7. The molecular formula is C42H57ClN4O12. The third-order valence-corrected chi connectivity index (χ3v) is 11.7. The number of aliphatic hydroxyl groups is 1. The van der Waals surface area contributed by atoms with Crippen LogP contribution in [0.4, 0.5) is 10.5 Å². The number of carbonyl (C=O) groups excluding carboxylic acids is 6. The number of benzene rings is 1. The number of nitrogens with zero attached hydrogens (tertiary/aromatic N) is 3. The van der Waals surface area contributed by atoms with E-state index in [1.807, 2.05) is 13.0 Å². The lowest BCUT2D eigenvalue weighted by Crippen LogP contribution is -2.47. The van der Waals surface area contributed by atoms with Crippen LogP contribution >= 0.6 is 11.6 Å². The molecule has 324 valence electrons. The second kappa shape index (κ2) is 20.5. The summed E-state index contributed by atoms with van der Waals surface area (Å²) in [6, 6.07) is 2.49. The van der Waals surface area contributed by atoms with E-state index in [-0.39, 0.29) is 48.6 Å². The predicted molar refractivity (Wildman–Crippen MR) is 217 cm³/mol. The standard InChI is InChI=1S/C42H57ClN4O12/c1-24-13-12-14-30(55-7)29(48)22-31(57-41(44)54)25(2)39-42(4,59-39)33(23-37(52)46(6)28-20-27(19-24)21-32(56-8)38(28)43)58-40(53)26(3)45(5)34(49)15-10-9-11-18-47-35(50)16-17-36(47)51/h12-14,16-17,20-21,25-26,29-31,33,39,48H,9-11,15,18-19,22-23H2,1-8H3,(H2,44,54). The van der Waals surface area contributed by atoms with E-state index in [0.717, 1.165) is 16.0 Å². The first-order valence-electron chi connectivity index (χ1n) is 19.6. The van der Waals surface area contributed by atoms with Crippen LogP contribution in [0.25, 0.3) is 0 Å². The zero-order valence-corrected chi connectivity index (χ0v) is 35.7. The van der Waals surface area contributed by atoms with Gasteiger partial charge in [-0.05, 0) is 57.7 Å². The first-order valence-corrected chi connectivity index (χ1v) is 20.0. The fourth-order valence-corrected chi connectivity index (χ4v) is 7.69. The zero-order chi connectivity index (χ0) is 43.8. The number of halogens is 1. The van der Waals surface area contributed by atoms with Crippen LogP contribution in [0.5, 0.6) is 5.75 Å². The summed E-state index contributed by atoms with van der Waals surface area (Å²) in [6.45, 7) is 7.08. The summed E-state index contributed by atoms with van der Waals surface area (Å²) in [5, 5.41) is 11.5. The maximum absolute atomic E-state index is 14.2. The van der Waals surface area contributed by atoms with Crippen molar-refractivity contribution in [2.24, 2.45) is 11.7 Å². The molecule has 0 radical (unpaired) electrons. The molecule has 1 fully saturated rings. The number of amides is 5. The lowest BCUT2D eigenvalue weighted by molar-refractivity contribution is -0.162. The molecule has 1 saturated heterocycles. The molecule has 8 atom stereocenters. The molecule has 17 heteroatoms. The van der Waals surface area contributed by atoms with Gasteiger partial charge in [-0.1, -0.05) is 48.7 Å². The molecule has 3 N–H and O–H groups in total. The second-order valence-corrected chi connectivity index (χ2v) is 15.9. The van der Waals surface area contributed by atoms with Crippen molar-refractivity contribution in [1.29, 1.82) is 0 Å². The smallest absolute Gasteiger partial charge is 0.404 e. The predicted octanol–water partition coefficient (Wildman–Crippen LogP) is 4.03. The van der Waals surface area contributed by atoms with E-state index in [4.69, 9.17) is 41.0 Å². The van der Waals surface area contributed by atoms with Crippen molar-refractivity contribution >= 4 is 53.0 Å². The highest BCUT2D eigenvalue weighted by Crippen LogP contribution is 2.48. The number of carbonyl (C=O) groups is 6. The number of hydrogen-bond donors (Lipinski definition) is 2. The van der Waals surface area contributed by atoms with Crippen LogP contribution in [0.3, 0.4) is 0 Å². The van der Waals surface area contributed by atoms with Crippen molar-refractivity contribution in [3.63, 3.8) is 0 Å². The highest BCUT2D eigenvalue weighted by molar-refractivity contribution is 6.35. The number of unbranched alkanes of at least 4 members (excludes halogenated alkanes) is 2. The second-order valence-electron chi connectivity index (χ2n) is 15.5. The van der Waals surface area contributed by atoms with Gasteiger partial charge >= 0.3 is 12.1 Å². The average Bonchev–Trinajstić information content (AvgIpc) is 3.79. The van der Waals surface area contributed by atoms with Crippen molar-refractivity contribution in [1.82, 2.24) is 9.80 Å². The minimum absolute atomic E-state index is 0.0858. The molecule has 3 aliphatic heterocycles. The van der Waals surface area contributed by atoms with Gasteiger partial charge in [0.15, 0.2) is 0 Å². The van der Waals surface area contributed by atoms with Crippen LogP contribution in [0.2, 0.25) is 5.02 Å². The monoisotopic (exact) mass is 844 g/mol. The van der Waals surface area contributed by atoms with Crippen molar-refractivity contribution in [3.8, 4) is 5.75 Å². The Kier molecular flexibility index (Phi) is 16.3. The summed E-state index contributed by atoms with van der Waals surface area (Å²) >= 11 is 6.76. The first-order chi connectivity index (χ1) is 27.8. The van der Waals surface area contributed by atoms with Gasteiger partial charge in [-0.3, -0.25) is 24.1 Å². The van der Waals surface area contributed by atoms with E-state index in [1.54, 1.807) is 45.2 Å². The molecule has 5 amide bonds. The number of fused-ring (bicyclic) bond motifs is 3. The summed E-state index contributed by atoms with van der Waals surface area (Å²) in [4.78, 5) is 80.7. The summed E-state index contributed by atoms with van der Waals surface area (Å²) in [7, 11) is 5.94. The molecule has 1 aromatic rings. The van der Waals surface area contributed by atoms with Crippen molar-refractivity contribution in [2.75, 3.05) is 39.8 Å². The van der Waals surface area contributed by atoms with Crippen LogP contribution in [0.15, 0.2) is 48.1 Å². The Morgan fingerprint density at radius 1 is 1.10 bits per heavy atom. The maximum atomic E-state index is 14.2. The van der Waals surface area contributed by atoms with Crippen LogP contribution in [0.1, 0.15) is 71.8 Å². The normalized spacial score (nSPS) is 26.9. The fraction of sp³-hybridized carbons (Fsp3) is 0.571. The Hall–Kier alpha value is -4.77. The fourth-order valence-electron chi connectivity index (χ4n) is 7.38. The molecule has 0 aromatic heterocycles. The summed E-state index contributed by atoms with van der Waals surface area (Å²) in [6.07, 6.45) is 3.47. The van der Waals surface area contributed by atoms with Crippen molar-refractivity contribution < 1.29 is 57.6 Å². The maximum Gasteiger partial charge on any atom is 0.404 e. The number of nitrogens with two attached hydrogens (primary N) is 1. The van der Waals surface area contributed by atoms with Crippen LogP contribution in [-0.2, 0) is 49.3 Å². The number of primary amides is 1. The Morgan fingerprint density at radius 3 is 2.41 bits per heavy atom. The molecule has 59 heavy (non-hydrogen) atoms. The van der Waals surface area contributed by atoms with Crippen molar-refractivity contribution in [3.05, 3.63) is 58.7 Å². The number of aliphatic hydroxyl groups excluding tert-OH is 1. The number of imide groups is 1. The molecule has 4 rings (SSSR count). The van der Waals surface area contributed by atoms with E-state index < -0.39 is 66.1 Å². The van der Waals surface area contributed by atoms with Gasteiger partial charge < -0.3 is 44.3 Å². The lowest BCUT2D eigenvalue weighted by atomic mass is 9.85. The van der Waals surface area contributed by atoms with Gasteiger partial charge in [-0.2, -0.15) is 0 Å². The highest BCUT2D eigenvalue weighted by atomic mass is 35.5. The number of epoxide rings is 1. The van der Waals surface area contributed by atoms with Crippen molar-refractivity contribution in [2.45, 2.75) is 115 Å². The first kappa shape index (κ1) is 46.9. The Labute approximate surface area is 350 Å². The molecule has 3 aliphatic rings. The molecule has 0 aliphatic carbocycles. The van der Waals surface area contributed by atoms with Crippen LogP contribution < -0.4 is 15.4 Å². The number of esters is 1. The number of anilines is 1. The molecule has 16 nitrogen and oxygen atoms in total. The number of allylic oxidation sites excluding steroid dienone is 3. The van der Waals surface area contributed by atoms with E-state index in [1.165, 1.54) is 50.1 Å². The van der Waals surface area contributed by atoms with Crippen LogP contribution in [0, 0.1) is 5.92 Å². The Bertz CT molecular complexity index is 1830. The number of rotatable bonds is 12. The van der Waals surface area contributed by atoms with Gasteiger partial charge in [-0.15, -0.1) is 0 Å². The number of ether oxygens (including phenoxy) is 5. The molecule has 2 bridgehead atoms. The molecule has 0 saturated carbocycles. The SMILES string of the molecule is COc1cc2cc(c1Cl)N(C)C(=O)CC(OC(=O)C(C)N(C)C(=O)CCCCCN1C(=O)C=CC1=O)C1(C)OC1C(C)C(OC(N)=O)CC(O)C(OC)C=CC=C(C)C2. The average molecular weight is 845 g/mol. The number of hydrogen-bond acceptors (Lipinski definition) is 12. The van der Waals surface area contributed by atoms with E-state index in [0.29, 0.717) is 37.1 Å². The number of likely N-dealkylation sites (N-methyl/N-ethyl adjacent to an activating group) is 1. The van der Waals surface area contributed by atoms with Crippen LogP contribution in [-0.4, -0.2) is 128 Å².